The van der Waals surface area contributed by atoms with Crippen LogP contribution in [0.15, 0.2) is 37.1 Å². The lowest BCUT2D eigenvalue weighted by Gasteiger charge is -2.33. The Bertz CT molecular complexity index is 1260. The predicted molar refractivity (Wildman–Crippen MR) is 133 cm³/mol. The van der Waals surface area contributed by atoms with Gasteiger partial charge in [0, 0.05) is 37.0 Å². The van der Waals surface area contributed by atoms with Crippen molar-refractivity contribution in [1.82, 2.24) is 39.9 Å². The molecule has 5 rings (SSSR count). The molecule has 9 nitrogen and oxygen atoms in total. The molecule has 5 heterocycles. The Hall–Kier alpha value is -3.25. The maximum Gasteiger partial charge on any atom is 0.434 e. The number of H-pyrrole nitrogens is 1. The van der Waals surface area contributed by atoms with E-state index in [2.05, 4.69) is 40.3 Å². The zero-order chi connectivity index (χ0) is 26.3. The minimum Gasteiger partial charge on any atom is -0.356 e. The van der Waals surface area contributed by atoms with Gasteiger partial charge in [-0.1, -0.05) is 25.4 Å². The Morgan fingerprint density at radius 2 is 1.86 bits per heavy atom. The number of halogens is 4. The summed E-state index contributed by atoms with van der Waals surface area (Å²) >= 11 is 6.20. The number of nitrogens with one attached hydrogen (secondary N) is 2. The van der Waals surface area contributed by atoms with Crippen molar-refractivity contribution in [1.29, 1.82) is 0 Å². The first-order chi connectivity index (χ1) is 17.3. The van der Waals surface area contributed by atoms with Gasteiger partial charge in [-0.25, -0.2) is 19.9 Å². The summed E-state index contributed by atoms with van der Waals surface area (Å²) < 4.78 is 40.6. The normalized spacial score (nSPS) is 15.7. The van der Waals surface area contributed by atoms with E-state index < -0.39 is 11.9 Å². The second kappa shape index (κ2) is 12.1. The molecule has 1 fully saturated rings. The van der Waals surface area contributed by atoms with Gasteiger partial charge in [-0.3, -0.25) is 9.50 Å². The maximum atomic E-state index is 13.1. The number of aromatic amines is 1. The summed E-state index contributed by atoms with van der Waals surface area (Å²) in [7, 11) is 3.75. The third kappa shape index (κ3) is 6.11. The molecule has 36 heavy (non-hydrogen) atoms. The van der Waals surface area contributed by atoms with Crippen LogP contribution < -0.4 is 10.2 Å². The van der Waals surface area contributed by atoms with Gasteiger partial charge in [-0.2, -0.15) is 18.3 Å². The Morgan fingerprint density at radius 3 is 2.53 bits per heavy atom. The van der Waals surface area contributed by atoms with E-state index >= 15 is 0 Å². The number of aromatic nitrogens is 7. The number of piperidine rings is 1. The van der Waals surface area contributed by atoms with Gasteiger partial charge >= 0.3 is 6.18 Å². The first-order valence-electron chi connectivity index (χ1n) is 11.6. The average Bonchev–Trinajstić information content (AvgIpc) is 3.51. The molecule has 2 N–H and O–H groups in total. The molecule has 1 unspecified atom stereocenters. The molecule has 0 amide bonds. The zero-order valence-corrected chi connectivity index (χ0v) is 21.3. The molecule has 0 aromatic carbocycles. The van der Waals surface area contributed by atoms with Gasteiger partial charge in [-0.15, -0.1) is 0 Å². The number of fused-ring (bicyclic) bond motifs is 1. The van der Waals surface area contributed by atoms with Gasteiger partial charge in [0.2, 0.25) is 0 Å². The van der Waals surface area contributed by atoms with E-state index in [0.717, 1.165) is 37.3 Å². The summed E-state index contributed by atoms with van der Waals surface area (Å²) in [5.41, 5.74) is 0.599. The van der Waals surface area contributed by atoms with Gasteiger partial charge in [0.15, 0.2) is 17.2 Å². The van der Waals surface area contributed by atoms with Crippen molar-refractivity contribution in [2.45, 2.75) is 38.8 Å². The highest BCUT2D eigenvalue weighted by molar-refractivity contribution is 6.30. The zero-order valence-electron chi connectivity index (χ0n) is 20.5. The Balaban J connectivity index is 0.000000674. The summed E-state index contributed by atoms with van der Waals surface area (Å²) in [6.45, 7) is 5.50. The van der Waals surface area contributed by atoms with Gasteiger partial charge in [-0.05, 0) is 33.0 Å². The molecule has 1 saturated heterocycles. The van der Waals surface area contributed by atoms with Crippen LogP contribution in [-0.4, -0.2) is 61.7 Å². The van der Waals surface area contributed by atoms with E-state index in [4.69, 9.17) is 11.6 Å². The third-order valence-corrected chi connectivity index (χ3v) is 5.66. The SMILES string of the molecule is CC.CNC.FC(F)(F)c1cn2c(-c3nccc(N4CCCC(c5cn[nH]c5Cl)C4)n3)cnc2cn1. The van der Waals surface area contributed by atoms with Gasteiger partial charge in [0.25, 0.3) is 0 Å². The van der Waals surface area contributed by atoms with Crippen LogP contribution >= 0.6 is 11.6 Å². The number of rotatable bonds is 3. The minimum atomic E-state index is -4.56. The molecule has 4 aromatic rings. The Kier molecular flexibility index (Phi) is 9.21. The molecule has 0 saturated carbocycles. The lowest BCUT2D eigenvalue weighted by atomic mass is 9.93. The highest BCUT2D eigenvalue weighted by atomic mass is 35.5. The van der Waals surface area contributed by atoms with Crippen molar-refractivity contribution in [2.24, 2.45) is 0 Å². The number of hydrogen-bond donors (Lipinski definition) is 2. The highest BCUT2D eigenvalue weighted by Gasteiger charge is 2.33. The monoisotopic (exact) mass is 523 g/mol. The van der Waals surface area contributed by atoms with E-state index in [0.29, 0.717) is 23.2 Å². The number of alkyl halides is 3. The van der Waals surface area contributed by atoms with E-state index in [-0.39, 0.29) is 17.4 Å². The van der Waals surface area contributed by atoms with Crippen molar-refractivity contribution in [2.75, 3.05) is 32.1 Å². The molecule has 1 atom stereocenters. The Morgan fingerprint density at radius 1 is 1.11 bits per heavy atom. The summed E-state index contributed by atoms with van der Waals surface area (Å²) in [5, 5.41) is 10.0. The van der Waals surface area contributed by atoms with Crippen LogP contribution in [0.25, 0.3) is 17.2 Å². The molecule has 0 bridgehead atoms. The van der Waals surface area contributed by atoms with Crippen LogP contribution in [0, 0.1) is 0 Å². The fraction of sp³-hybridized carbons (Fsp3) is 0.435. The van der Waals surface area contributed by atoms with Crippen molar-refractivity contribution in [3.8, 4) is 11.5 Å². The van der Waals surface area contributed by atoms with Crippen LogP contribution in [0.5, 0.6) is 0 Å². The lowest BCUT2D eigenvalue weighted by Crippen LogP contribution is -2.35. The first kappa shape index (κ1) is 27.3. The minimum absolute atomic E-state index is 0.203. The highest BCUT2D eigenvalue weighted by Crippen LogP contribution is 2.33. The smallest absolute Gasteiger partial charge is 0.356 e. The van der Waals surface area contributed by atoms with Crippen LogP contribution in [0.3, 0.4) is 0 Å². The molecular weight excluding hydrogens is 495 g/mol. The van der Waals surface area contributed by atoms with E-state index in [1.165, 1.54) is 10.6 Å². The van der Waals surface area contributed by atoms with E-state index in [1.54, 1.807) is 18.5 Å². The Labute approximate surface area is 212 Å². The quantitative estimate of drug-likeness (QED) is 0.397. The lowest BCUT2D eigenvalue weighted by molar-refractivity contribution is -0.141. The predicted octanol–water partition coefficient (Wildman–Crippen LogP) is 4.83. The van der Waals surface area contributed by atoms with Crippen molar-refractivity contribution < 1.29 is 13.2 Å². The number of anilines is 1. The number of imidazole rings is 1. The molecule has 0 radical (unpaired) electrons. The summed E-state index contributed by atoms with van der Waals surface area (Å²) in [5.74, 6) is 1.18. The topological polar surface area (TPSA) is 99.9 Å². The van der Waals surface area contributed by atoms with Gasteiger partial charge < -0.3 is 10.2 Å². The van der Waals surface area contributed by atoms with Crippen LogP contribution in [0.2, 0.25) is 5.15 Å². The van der Waals surface area contributed by atoms with Gasteiger partial charge in [0.1, 0.15) is 16.7 Å². The maximum absolute atomic E-state index is 13.1. The fourth-order valence-electron chi connectivity index (χ4n) is 3.85. The second-order valence-corrected chi connectivity index (χ2v) is 8.18. The summed E-state index contributed by atoms with van der Waals surface area (Å²) in [4.78, 5) is 18.6. The number of hydrogen-bond acceptors (Lipinski definition) is 7. The van der Waals surface area contributed by atoms with Crippen LogP contribution in [0.1, 0.15) is 43.9 Å². The van der Waals surface area contributed by atoms with Crippen LogP contribution in [-0.2, 0) is 6.18 Å². The molecule has 4 aromatic heterocycles. The average molecular weight is 524 g/mol. The summed E-state index contributed by atoms with van der Waals surface area (Å²) in [6.07, 6.45) is 4.14. The third-order valence-electron chi connectivity index (χ3n) is 5.36. The standard InChI is InChI=1S/C19H16ClF3N8.C2H7N.C2H6/c20-17-12(6-27-29-17)11-2-1-5-30(9-11)15-3-4-24-18(28-15)13-7-26-16-8-25-14(10-31(13)16)19(21,22)23;1-3-2;1-2/h3-4,6-8,10-11H,1-2,5,9H2,(H,27,29);3H,1-2H3;1-2H3. The number of nitrogens with zero attached hydrogens (tertiary/aromatic N) is 7. The molecule has 0 aliphatic carbocycles. The van der Waals surface area contributed by atoms with Gasteiger partial charge in [0.05, 0.1) is 18.6 Å². The first-order valence-corrected chi connectivity index (χ1v) is 12.0. The molecule has 1 aliphatic heterocycles. The summed E-state index contributed by atoms with van der Waals surface area (Å²) in [6, 6.07) is 1.79. The largest absolute Gasteiger partial charge is 0.434 e. The molecule has 13 heteroatoms. The molecule has 0 spiro atoms. The van der Waals surface area contributed by atoms with Crippen LogP contribution in [0.4, 0.5) is 19.0 Å². The van der Waals surface area contributed by atoms with Crippen molar-refractivity contribution in [3.05, 3.63) is 53.5 Å². The van der Waals surface area contributed by atoms with E-state index in [1.807, 2.05) is 27.9 Å². The molecular formula is C23H29ClF3N9. The van der Waals surface area contributed by atoms with E-state index in [9.17, 15) is 13.2 Å². The van der Waals surface area contributed by atoms with Crippen molar-refractivity contribution in [3.63, 3.8) is 0 Å². The second-order valence-electron chi connectivity index (χ2n) is 7.80. The van der Waals surface area contributed by atoms with Crippen molar-refractivity contribution >= 4 is 23.1 Å². The molecule has 1 aliphatic rings. The fourth-order valence-corrected chi connectivity index (χ4v) is 4.11. The molecule has 194 valence electrons.